The second-order valence-corrected chi connectivity index (χ2v) is 3.31. The van der Waals surface area contributed by atoms with Gasteiger partial charge in [-0.15, -0.1) is 0 Å². The van der Waals surface area contributed by atoms with Gasteiger partial charge in [0.15, 0.2) is 5.78 Å². The third kappa shape index (κ3) is 3.07. The molecule has 0 saturated carbocycles. The summed E-state index contributed by atoms with van der Waals surface area (Å²) < 4.78 is 5.20. The molecule has 0 bridgehead atoms. The number of rotatable bonds is 3. The molecule has 0 amide bonds. The molecule has 0 atom stereocenters. The van der Waals surface area contributed by atoms with E-state index in [1.807, 2.05) is 13.0 Å². The fraction of sp³-hybridized carbons (Fsp3) is 0.300. The van der Waals surface area contributed by atoms with Crippen molar-refractivity contribution in [2.24, 2.45) is 0 Å². The number of carbonyl (C=O) groups is 1. The maximum Gasteiger partial charge on any atom is 0.167 e. The SMILES string of the molecule is CC(=O)COc1ccc(Cl)c(C)c1. The highest BCUT2D eigenvalue weighted by molar-refractivity contribution is 6.31. The van der Waals surface area contributed by atoms with Crippen LogP contribution in [0, 0.1) is 6.92 Å². The Labute approximate surface area is 82.5 Å². The quantitative estimate of drug-likeness (QED) is 0.747. The third-order valence-electron chi connectivity index (χ3n) is 1.57. The zero-order valence-electron chi connectivity index (χ0n) is 7.63. The first kappa shape index (κ1) is 10.1. The van der Waals surface area contributed by atoms with E-state index < -0.39 is 0 Å². The number of hydrogen-bond donors (Lipinski definition) is 0. The third-order valence-corrected chi connectivity index (χ3v) is 2.00. The molecule has 0 fully saturated rings. The van der Waals surface area contributed by atoms with Crippen LogP contribution in [0.3, 0.4) is 0 Å². The molecule has 0 heterocycles. The van der Waals surface area contributed by atoms with Gasteiger partial charge in [0, 0.05) is 5.02 Å². The smallest absolute Gasteiger partial charge is 0.167 e. The summed E-state index contributed by atoms with van der Waals surface area (Å²) >= 11 is 5.82. The molecule has 1 aromatic carbocycles. The highest BCUT2D eigenvalue weighted by Crippen LogP contribution is 2.20. The van der Waals surface area contributed by atoms with Gasteiger partial charge in [0.25, 0.3) is 0 Å². The van der Waals surface area contributed by atoms with Crippen LogP contribution in [0.2, 0.25) is 5.02 Å². The number of aryl methyl sites for hydroxylation is 1. The Morgan fingerprint density at radius 1 is 1.54 bits per heavy atom. The Hall–Kier alpha value is -1.02. The van der Waals surface area contributed by atoms with Crippen molar-refractivity contribution < 1.29 is 9.53 Å². The van der Waals surface area contributed by atoms with Crippen molar-refractivity contribution in [1.29, 1.82) is 0 Å². The van der Waals surface area contributed by atoms with E-state index in [2.05, 4.69) is 0 Å². The number of Topliss-reactive ketones (excluding diaryl/α,β-unsaturated/α-hetero) is 1. The molecular weight excluding hydrogens is 188 g/mol. The Bertz CT molecular complexity index is 321. The van der Waals surface area contributed by atoms with Gasteiger partial charge in [-0.25, -0.2) is 0 Å². The van der Waals surface area contributed by atoms with E-state index in [-0.39, 0.29) is 12.4 Å². The Morgan fingerprint density at radius 2 is 2.23 bits per heavy atom. The van der Waals surface area contributed by atoms with Crippen molar-refractivity contribution >= 4 is 17.4 Å². The molecule has 3 heteroatoms. The monoisotopic (exact) mass is 198 g/mol. The first-order valence-corrected chi connectivity index (χ1v) is 4.36. The van der Waals surface area contributed by atoms with E-state index >= 15 is 0 Å². The van der Waals surface area contributed by atoms with Gasteiger partial charge in [0.2, 0.25) is 0 Å². The summed E-state index contributed by atoms with van der Waals surface area (Å²) in [5.74, 6) is 0.685. The van der Waals surface area contributed by atoms with Crippen molar-refractivity contribution in [3.63, 3.8) is 0 Å². The first-order valence-electron chi connectivity index (χ1n) is 3.98. The summed E-state index contributed by atoms with van der Waals surface area (Å²) in [5, 5.41) is 0.704. The van der Waals surface area contributed by atoms with Crippen LogP contribution in [-0.2, 0) is 4.79 Å². The second kappa shape index (κ2) is 4.28. The molecule has 0 aliphatic heterocycles. The molecule has 0 aliphatic rings. The van der Waals surface area contributed by atoms with Crippen molar-refractivity contribution in [2.45, 2.75) is 13.8 Å². The van der Waals surface area contributed by atoms with Gasteiger partial charge in [0.1, 0.15) is 12.4 Å². The van der Waals surface area contributed by atoms with Gasteiger partial charge < -0.3 is 4.74 Å². The lowest BCUT2D eigenvalue weighted by Gasteiger charge is -2.05. The largest absolute Gasteiger partial charge is 0.486 e. The average Bonchev–Trinajstić information content (AvgIpc) is 2.07. The second-order valence-electron chi connectivity index (χ2n) is 2.90. The molecule has 0 unspecified atom stereocenters. The maximum absolute atomic E-state index is 10.6. The lowest BCUT2D eigenvalue weighted by molar-refractivity contribution is -0.118. The molecule has 0 aromatic heterocycles. The number of halogens is 1. The van der Waals surface area contributed by atoms with Crippen LogP contribution >= 0.6 is 11.6 Å². The summed E-state index contributed by atoms with van der Waals surface area (Å²) in [5.41, 5.74) is 0.947. The molecular formula is C10H11ClO2. The molecule has 0 spiro atoms. The number of ether oxygens (including phenoxy) is 1. The van der Waals surface area contributed by atoms with Crippen LogP contribution in [0.4, 0.5) is 0 Å². The maximum atomic E-state index is 10.6. The van der Waals surface area contributed by atoms with Crippen LogP contribution in [-0.4, -0.2) is 12.4 Å². The molecule has 0 aliphatic carbocycles. The topological polar surface area (TPSA) is 26.3 Å². The van der Waals surface area contributed by atoms with Crippen LogP contribution in [0.5, 0.6) is 5.75 Å². The molecule has 0 N–H and O–H groups in total. The van der Waals surface area contributed by atoms with Crippen molar-refractivity contribution in [2.75, 3.05) is 6.61 Å². The molecule has 70 valence electrons. The minimum absolute atomic E-state index is 0.00704. The van der Waals surface area contributed by atoms with Gasteiger partial charge in [0.05, 0.1) is 0 Å². The van der Waals surface area contributed by atoms with Crippen LogP contribution in [0.25, 0.3) is 0 Å². The van der Waals surface area contributed by atoms with Crippen molar-refractivity contribution in [3.05, 3.63) is 28.8 Å². The minimum atomic E-state index is 0.00704. The fourth-order valence-electron chi connectivity index (χ4n) is 0.892. The summed E-state index contributed by atoms with van der Waals surface area (Å²) in [6, 6.07) is 5.32. The normalized spacial score (nSPS) is 9.77. The Kier molecular flexibility index (Phi) is 3.32. The predicted octanol–water partition coefficient (Wildman–Crippen LogP) is 2.62. The van der Waals surface area contributed by atoms with E-state index in [9.17, 15) is 4.79 Å². The Balaban J connectivity index is 2.68. The average molecular weight is 199 g/mol. The van der Waals surface area contributed by atoms with Gasteiger partial charge in [-0.05, 0) is 37.6 Å². The zero-order valence-corrected chi connectivity index (χ0v) is 8.39. The van der Waals surface area contributed by atoms with Crippen LogP contribution < -0.4 is 4.74 Å². The summed E-state index contributed by atoms with van der Waals surface area (Å²) in [7, 11) is 0. The Morgan fingerprint density at radius 3 is 2.77 bits per heavy atom. The van der Waals surface area contributed by atoms with Gasteiger partial charge in [-0.1, -0.05) is 11.6 Å². The van der Waals surface area contributed by atoms with E-state index in [1.165, 1.54) is 6.92 Å². The standard InChI is InChI=1S/C10H11ClO2/c1-7-5-9(3-4-10(7)11)13-6-8(2)12/h3-5H,6H2,1-2H3. The summed E-state index contributed by atoms with van der Waals surface area (Å²) in [4.78, 5) is 10.6. The van der Waals surface area contributed by atoms with Gasteiger partial charge in [-0.3, -0.25) is 4.79 Å². The van der Waals surface area contributed by atoms with E-state index in [0.29, 0.717) is 10.8 Å². The summed E-state index contributed by atoms with van der Waals surface area (Å²) in [6.45, 7) is 3.49. The van der Waals surface area contributed by atoms with Crippen LogP contribution in [0.1, 0.15) is 12.5 Å². The van der Waals surface area contributed by atoms with E-state index in [0.717, 1.165) is 5.56 Å². The highest BCUT2D eigenvalue weighted by atomic mass is 35.5. The number of carbonyl (C=O) groups excluding carboxylic acids is 1. The first-order chi connectivity index (χ1) is 6.09. The lowest BCUT2D eigenvalue weighted by atomic mass is 10.2. The van der Waals surface area contributed by atoms with Crippen molar-refractivity contribution in [1.82, 2.24) is 0 Å². The lowest BCUT2D eigenvalue weighted by Crippen LogP contribution is -2.06. The molecule has 1 aromatic rings. The molecule has 13 heavy (non-hydrogen) atoms. The zero-order chi connectivity index (χ0) is 9.84. The number of benzene rings is 1. The number of hydrogen-bond acceptors (Lipinski definition) is 2. The number of ketones is 1. The summed E-state index contributed by atoms with van der Waals surface area (Å²) in [6.07, 6.45) is 0. The van der Waals surface area contributed by atoms with Gasteiger partial charge in [-0.2, -0.15) is 0 Å². The fourth-order valence-corrected chi connectivity index (χ4v) is 1.01. The molecule has 0 radical (unpaired) electrons. The molecule has 1 rings (SSSR count). The molecule has 0 saturated heterocycles. The van der Waals surface area contributed by atoms with E-state index in [1.54, 1.807) is 12.1 Å². The van der Waals surface area contributed by atoms with Crippen molar-refractivity contribution in [3.8, 4) is 5.75 Å². The van der Waals surface area contributed by atoms with E-state index in [4.69, 9.17) is 16.3 Å². The predicted molar refractivity (Wildman–Crippen MR) is 52.4 cm³/mol. The van der Waals surface area contributed by atoms with Crippen LogP contribution in [0.15, 0.2) is 18.2 Å². The highest BCUT2D eigenvalue weighted by Gasteiger charge is 1.99. The molecule has 2 nitrogen and oxygen atoms in total. The van der Waals surface area contributed by atoms with Gasteiger partial charge >= 0.3 is 0 Å². The minimum Gasteiger partial charge on any atom is -0.486 e.